The zero-order valence-electron chi connectivity index (χ0n) is 21.2. The van der Waals surface area contributed by atoms with E-state index in [-0.39, 0.29) is 49.9 Å². The van der Waals surface area contributed by atoms with Crippen LogP contribution in [0.15, 0.2) is 18.2 Å². The largest absolute Gasteiger partial charge is 0.508 e. The van der Waals surface area contributed by atoms with Crippen LogP contribution in [0.25, 0.3) is 0 Å². The molecule has 10 nitrogen and oxygen atoms in total. The molecule has 0 radical (unpaired) electrons. The number of rotatable bonds is 14. The Balaban J connectivity index is 2.74. The van der Waals surface area contributed by atoms with Gasteiger partial charge >= 0.3 is 24.1 Å². The molecule has 0 spiro atoms. The average molecular weight is 496 g/mol. The van der Waals surface area contributed by atoms with Gasteiger partial charge in [0.2, 0.25) is 0 Å². The molecule has 1 aromatic rings. The number of nitrogens with two attached hydrogens (primary N) is 1. The van der Waals surface area contributed by atoms with Crippen molar-refractivity contribution in [2.24, 2.45) is 11.7 Å². The Kier molecular flexibility index (Phi) is 13.4. The molecule has 2 N–H and O–H groups in total. The van der Waals surface area contributed by atoms with Crippen molar-refractivity contribution in [2.45, 2.75) is 78.9 Å². The molecule has 0 saturated heterocycles. The van der Waals surface area contributed by atoms with Crippen molar-refractivity contribution in [1.82, 2.24) is 0 Å². The first kappa shape index (κ1) is 29.9. The van der Waals surface area contributed by atoms with Crippen LogP contribution in [-0.2, 0) is 35.0 Å². The van der Waals surface area contributed by atoms with Gasteiger partial charge in [-0.05, 0) is 49.8 Å². The first-order chi connectivity index (χ1) is 16.5. The highest BCUT2D eigenvalue weighted by molar-refractivity contribution is 5.77. The Hall–Kier alpha value is -3.14. The summed E-state index contributed by atoms with van der Waals surface area (Å²) in [5, 5.41) is 0. The molecule has 10 heteroatoms. The Morgan fingerprint density at radius 3 is 2.03 bits per heavy atom. The molecule has 2 atom stereocenters. The Labute approximate surface area is 206 Å². The topological polar surface area (TPSA) is 140 Å². The van der Waals surface area contributed by atoms with E-state index in [2.05, 4.69) is 0 Å². The molecule has 0 bridgehead atoms. The summed E-state index contributed by atoms with van der Waals surface area (Å²) in [6.45, 7) is 9.07. The summed E-state index contributed by atoms with van der Waals surface area (Å²) in [7, 11) is 0. The fourth-order valence-electron chi connectivity index (χ4n) is 2.71. The highest BCUT2D eigenvalue weighted by Crippen LogP contribution is 2.30. The zero-order valence-corrected chi connectivity index (χ0v) is 21.2. The summed E-state index contributed by atoms with van der Waals surface area (Å²) < 4.78 is 25.7. The number of hydrogen-bond donors (Lipinski definition) is 1. The van der Waals surface area contributed by atoms with Crippen molar-refractivity contribution in [3.63, 3.8) is 0 Å². The lowest BCUT2D eigenvalue weighted by molar-refractivity contribution is -0.148. The molecule has 0 aliphatic heterocycles. The molecule has 196 valence electrons. The molecule has 0 aliphatic rings. The van der Waals surface area contributed by atoms with Crippen molar-refractivity contribution in [2.75, 3.05) is 13.2 Å². The van der Waals surface area contributed by atoms with Gasteiger partial charge in [-0.2, -0.15) is 0 Å². The van der Waals surface area contributed by atoms with Gasteiger partial charge in [0.1, 0.15) is 18.8 Å². The van der Waals surface area contributed by atoms with Crippen molar-refractivity contribution < 1.29 is 42.9 Å². The fraction of sp³-hybridized carbons (Fsp3) is 0.600. The first-order valence-corrected chi connectivity index (χ1v) is 11.9. The lowest BCUT2D eigenvalue weighted by Gasteiger charge is -2.17. The van der Waals surface area contributed by atoms with Gasteiger partial charge in [0.25, 0.3) is 0 Å². The number of esters is 3. The van der Waals surface area contributed by atoms with Crippen molar-refractivity contribution in [3.8, 4) is 11.5 Å². The molecular formula is C25H37NO9. The van der Waals surface area contributed by atoms with E-state index >= 15 is 0 Å². The van der Waals surface area contributed by atoms with E-state index in [1.165, 1.54) is 12.1 Å². The van der Waals surface area contributed by atoms with Crippen LogP contribution in [0.5, 0.6) is 11.5 Å². The van der Waals surface area contributed by atoms with Crippen LogP contribution in [0, 0.1) is 5.92 Å². The Morgan fingerprint density at radius 1 is 0.857 bits per heavy atom. The quantitative estimate of drug-likeness (QED) is 0.300. The van der Waals surface area contributed by atoms with Crippen molar-refractivity contribution in [3.05, 3.63) is 23.8 Å². The highest BCUT2D eigenvalue weighted by Gasteiger charge is 2.21. The van der Waals surface area contributed by atoms with Crippen LogP contribution in [0.3, 0.4) is 0 Å². The molecule has 0 saturated carbocycles. The van der Waals surface area contributed by atoms with Crippen LogP contribution in [-0.4, -0.2) is 49.4 Å². The van der Waals surface area contributed by atoms with Gasteiger partial charge in [0.15, 0.2) is 11.5 Å². The standard InChI is InChI=1S/C25H37NO9/c1-6-8-22(27)34-20-11-10-18(13-21(20)35-23(28)9-7-2)12-19(26)24(29)31-15-17(5)33-25(30)32-14-16(3)4/h10-11,13,16-17,19H,6-9,12,14-15,26H2,1-5H3/t17-,19-/m0/s1. The predicted octanol–water partition coefficient (Wildman–Crippen LogP) is 3.71. The van der Waals surface area contributed by atoms with Crippen molar-refractivity contribution in [1.29, 1.82) is 0 Å². The van der Waals surface area contributed by atoms with E-state index in [0.29, 0.717) is 18.4 Å². The summed E-state index contributed by atoms with van der Waals surface area (Å²) in [6, 6.07) is 3.60. The minimum absolute atomic E-state index is 0.0754. The number of hydrogen-bond acceptors (Lipinski definition) is 10. The van der Waals surface area contributed by atoms with E-state index < -0.39 is 36.2 Å². The normalized spacial score (nSPS) is 12.4. The lowest BCUT2D eigenvalue weighted by atomic mass is 10.1. The first-order valence-electron chi connectivity index (χ1n) is 11.9. The van der Waals surface area contributed by atoms with Crippen molar-refractivity contribution >= 4 is 24.1 Å². The van der Waals surface area contributed by atoms with E-state index in [9.17, 15) is 19.2 Å². The third kappa shape index (κ3) is 12.2. The van der Waals surface area contributed by atoms with Crippen LogP contribution in [0.1, 0.15) is 65.9 Å². The lowest BCUT2D eigenvalue weighted by Crippen LogP contribution is -2.36. The molecule has 0 aliphatic carbocycles. The van der Waals surface area contributed by atoms with Gasteiger partial charge < -0.3 is 29.4 Å². The third-order valence-electron chi connectivity index (χ3n) is 4.41. The molecule has 0 unspecified atom stereocenters. The molecule has 35 heavy (non-hydrogen) atoms. The smallest absolute Gasteiger partial charge is 0.461 e. The minimum Gasteiger partial charge on any atom is -0.461 e. The summed E-state index contributed by atoms with van der Waals surface area (Å²) >= 11 is 0. The minimum atomic E-state index is -1.03. The SMILES string of the molecule is CCCC(=O)Oc1ccc(C[C@H](N)C(=O)OC[C@H](C)OC(=O)OCC(C)C)cc1OC(=O)CCC. The van der Waals surface area contributed by atoms with Gasteiger partial charge in [-0.1, -0.05) is 33.8 Å². The molecule has 0 aromatic heterocycles. The number of benzene rings is 1. The zero-order chi connectivity index (χ0) is 26.4. The third-order valence-corrected chi connectivity index (χ3v) is 4.41. The maximum absolute atomic E-state index is 12.3. The summed E-state index contributed by atoms with van der Waals surface area (Å²) in [6.07, 6.45) is 0.150. The average Bonchev–Trinajstić information content (AvgIpc) is 2.78. The van der Waals surface area contributed by atoms with E-state index in [0.717, 1.165) is 0 Å². The number of carbonyl (C=O) groups excluding carboxylic acids is 4. The number of carbonyl (C=O) groups is 4. The van der Waals surface area contributed by atoms with Gasteiger partial charge in [0.05, 0.1) is 6.61 Å². The highest BCUT2D eigenvalue weighted by atomic mass is 16.7. The Bertz CT molecular complexity index is 853. The molecule has 1 aromatic carbocycles. The molecular weight excluding hydrogens is 458 g/mol. The second-order valence-electron chi connectivity index (χ2n) is 8.55. The van der Waals surface area contributed by atoms with E-state index in [1.807, 2.05) is 27.7 Å². The second-order valence-corrected chi connectivity index (χ2v) is 8.55. The van der Waals surface area contributed by atoms with Crippen LogP contribution >= 0.6 is 0 Å². The molecule has 0 fully saturated rings. The summed E-state index contributed by atoms with van der Waals surface area (Å²) in [5.41, 5.74) is 6.55. The van der Waals surface area contributed by atoms with Gasteiger partial charge in [-0.25, -0.2) is 4.79 Å². The monoisotopic (exact) mass is 495 g/mol. The predicted molar refractivity (Wildman–Crippen MR) is 127 cm³/mol. The molecule has 0 amide bonds. The second kappa shape index (κ2) is 15.7. The van der Waals surface area contributed by atoms with Crippen LogP contribution in [0.2, 0.25) is 0 Å². The number of ether oxygens (including phenoxy) is 5. The summed E-state index contributed by atoms with van der Waals surface area (Å²) in [5.74, 6) is -1.25. The maximum Gasteiger partial charge on any atom is 0.508 e. The van der Waals surface area contributed by atoms with E-state index in [1.54, 1.807) is 13.0 Å². The molecule has 1 rings (SSSR count). The summed E-state index contributed by atoms with van der Waals surface area (Å²) in [4.78, 5) is 47.8. The van der Waals surface area contributed by atoms with E-state index in [4.69, 9.17) is 29.4 Å². The van der Waals surface area contributed by atoms with Gasteiger partial charge in [-0.15, -0.1) is 0 Å². The van der Waals surface area contributed by atoms with Gasteiger partial charge in [0, 0.05) is 12.8 Å². The molecule has 0 heterocycles. The Morgan fingerprint density at radius 2 is 1.46 bits per heavy atom. The fourth-order valence-corrected chi connectivity index (χ4v) is 2.71. The van der Waals surface area contributed by atoms with Crippen LogP contribution in [0.4, 0.5) is 4.79 Å². The van der Waals surface area contributed by atoms with Gasteiger partial charge in [-0.3, -0.25) is 14.4 Å². The van der Waals surface area contributed by atoms with Crippen LogP contribution < -0.4 is 15.2 Å². The maximum atomic E-state index is 12.3.